The monoisotopic (exact) mass is 369 g/mol. The summed E-state index contributed by atoms with van der Waals surface area (Å²) in [6, 6.07) is 12.1. The maximum absolute atomic E-state index is 12.3. The number of carbonyl (C=O) groups excluding carboxylic acids is 1. The summed E-state index contributed by atoms with van der Waals surface area (Å²) in [5.74, 6) is 0.189. The van der Waals surface area contributed by atoms with E-state index in [1.54, 1.807) is 19.1 Å². The van der Waals surface area contributed by atoms with Gasteiger partial charge in [-0.1, -0.05) is 41.6 Å². The summed E-state index contributed by atoms with van der Waals surface area (Å²) in [4.78, 5) is 22.8. The maximum Gasteiger partial charge on any atom is 0.277 e. The molecule has 0 aliphatic rings. The molecule has 0 saturated carbocycles. The summed E-state index contributed by atoms with van der Waals surface area (Å²) < 4.78 is 5.56. The van der Waals surface area contributed by atoms with E-state index in [9.17, 15) is 14.9 Å². The summed E-state index contributed by atoms with van der Waals surface area (Å²) >= 11 is 1.10. The predicted octanol–water partition coefficient (Wildman–Crippen LogP) is 4.24. The Hall–Kier alpha value is -3.00. The lowest BCUT2D eigenvalue weighted by Crippen LogP contribution is -2.04. The SMILES string of the molecule is Cc1ccc(-c2nnc(SCC(=O)c3ccc(C)c([N+](=O)[O-])c3)o2)cc1. The Balaban J connectivity index is 1.68. The Morgan fingerprint density at radius 3 is 2.58 bits per heavy atom. The smallest absolute Gasteiger partial charge is 0.277 e. The standard InChI is InChI=1S/C18H15N3O4S/c1-11-3-6-13(7-4-11)17-19-20-18(25-17)26-10-16(22)14-8-5-12(2)15(9-14)21(23)24/h3-9H,10H2,1-2H3. The molecule has 1 aromatic heterocycles. The Morgan fingerprint density at radius 1 is 1.15 bits per heavy atom. The van der Waals surface area contributed by atoms with Crippen LogP contribution in [0.2, 0.25) is 0 Å². The van der Waals surface area contributed by atoms with E-state index in [2.05, 4.69) is 10.2 Å². The number of aromatic nitrogens is 2. The number of hydrogen-bond donors (Lipinski definition) is 0. The molecule has 26 heavy (non-hydrogen) atoms. The van der Waals surface area contributed by atoms with Crippen molar-refractivity contribution >= 4 is 23.2 Å². The van der Waals surface area contributed by atoms with E-state index in [0.29, 0.717) is 11.5 Å². The van der Waals surface area contributed by atoms with Crippen LogP contribution in [0, 0.1) is 24.0 Å². The number of Topliss-reactive ketones (excluding diaryl/α,β-unsaturated/α-hetero) is 1. The first-order valence-corrected chi connectivity index (χ1v) is 8.74. The number of aryl methyl sites for hydroxylation is 2. The van der Waals surface area contributed by atoms with Crippen LogP contribution in [0.15, 0.2) is 52.1 Å². The van der Waals surface area contributed by atoms with Crippen molar-refractivity contribution in [2.24, 2.45) is 0 Å². The Labute approximate surface area is 153 Å². The van der Waals surface area contributed by atoms with E-state index in [0.717, 1.165) is 22.9 Å². The second kappa shape index (κ2) is 7.49. The van der Waals surface area contributed by atoms with Crippen LogP contribution in [-0.2, 0) is 0 Å². The largest absolute Gasteiger partial charge is 0.411 e. The number of rotatable bonds is 6. The molecular formula is C18H15N3O4S. The first-order valence-electron chi connectivity index (χ1n) is 7.75. The van der Waals surface area contributed by atoms with Gasteiger partial charge in [-0.05, 0) is 26.0 Å². The highest BCUT2D eigenvalue weighted by molar-refractivity contribution is 7.99. The van der Waals surface area contributed by atoms with E-state index >= 15 is 0 Å². The average Bonchev–Trinajstić information content (AvgIpc) is 3.09. The highest BCUT2D eigenvalue weighted by Crippen LogP contribution is 2.25. The van der Waals surface area contributed by atoms with Crippen molar-refractivity contribution in [3.05, 3.63) is 69.3 Å². The molecule has 0 N–H and O–H groups in total. The van der Waals surface area contributed by atoms with Crippen molar-refractivity contribution in [3.8, 4) is 11.5 Å². The lowest BCUT2D eigenvalue weighted by Gasteiger charge is -2.01. The lowest BCUT2D eigenvalue weighted by atomic mass is 10.1. The molecule has 8 heteroatoms. The number of nitro benzene ring substituents is 1. The van der Waals surface area contributed by atoms with Crippen LogP contribution in [0.1, 0.15) is 21.5 Å². The molecule has 0 saturated heterocycles. The molecule has 0 aliphatic carbocycles. The van der Waals surface area contributed by atoms with Crippen LogP contribution < -0.4 is 0 Å². The van der Waals surface area contributed by atoms with Gasteiger partial charge in [-0.2, -0.15) is 0 Å². The topological polar surface area (TPSA) is 99.1 Å². The second-order valence-electron chi connectivity index (χ2n) is 5.71. The predicted molar refractivity (Wildman–Crippen MR) is 97.4 cm³/mol. The molecule has 132 valence electrons. The number of benzene rings is 2. The highest BCUT2D eigenvalue weighted by atomic mass is 32.2. The minimum atomic E-state index is -0.495. The number of hydrogen-bond acceptors (Lipinski definition) is 7. The normalized spacial score (nSPS) is 10.7. The van der Waals surface area contributed by atoms with Crippen molar-refractivity contribution in [1.29, 1.82) is 0 Å². The second-order valence-corrected chi connectivity index (χ2v) is 6.64. The molecule has 0 aliphatic heterocycles. The molecular weight excluding hydrogens is 354 g/mol. The molecule has 2 aromatic carbocycles. The molecule has 0 amide bonds. The molecule has 0 fully saturated rings. The van der Waals surface area contributed by atoms with E-state index < -0.39 is 4.92 Å². The van der Waals surface area contributed by atoms with Crippen molar-refractivity contribution in [2.45, 2.75) is 19.1 Å². The van der Waals surface area contributed by atoms with Crippen LogP contribution in [-0.4, -0.2) is 26.7 Å². The van der Waals surface area contributed by atoms with Gasteiger partial charge < -0.3 is 4.42 Å². The van der Waals surface area contributed by atoms with Gasteiger partial charge in [0.15, 0.2) is 5.78 Å². The third-order valence-corrected chi connectivity index (χ3v) is 4.58. The molecule has 1 heterocycles. The first kappa shape index (κ1) is 17.8. The summed E-state index contributed by atoms with van der Waals surface area (Å²) in [6.45, 7) is 3.62. The van der Waals surface area contributed by atoms with Crippen molar-refractivity contribution in [1.82, 2.24) is 10.2 Å². The third kappa shape index (κ3) is 3.97. The van der Waals surface area contributed by atoms with Gasteiger partial charge in [0.1, 0.15) is 0 Å². The number of nitro groups is 1. The average molecular weight is 369 g/mol. The summed E-state index contributed by atoms with van der Waals surface area (Å²) in [6.07, 6.45) is 0. The number of thioether (sulfide) groups is 1. The first-order chi connectivity index (χ1) is 12.4. The highest BCUT2D eigenvalue weighted by Gasteiger charge is 2.16. The minimum Gasteiger partial charge on any atom is -0.411 e. The zero-order valence-corrected chi connectivity index (χ0v) is 14.9. The van der Waals surface area contributed by atoms with Gasteiger partial charge in [-0.15, -0.1) is 10.2 Å². The number of nitrogens with zero attached hydrogens (tertiary/aromatic N) is 3. The molecule has 0 bridgehead atoms. The van der Waals surface area contributed by atoms with E-state index in [-0.39, 0.29) is 28.0 Å². The fraction of sp³-hybridized carbons (Fsp3) is 0.167. The zero-order chi connectivity index (χ0) is 18.7. The van der Waals surface area contributed by atoms with E-state index in [4.69, 9.17) is 4.42 Å². The summed E-state index contributed by atoms with van der Waals surface area (Å²) in [7, 11) is 0. The lowest BCUT2D eigenvalue weighted by molar-refractivity contribution is -0.385. The van der Waals surface area contributed by atoms with E-state index in [1.165, 1.54) is 6.07 Å². The van der Waals surface area contributed by atoms with Gasteiger partial charge in [0.05, 0.1) is 10.7 Å². The Kier molecular flexibility index (Phi) is 5.13. The molecule has 0 unspecified atom stereocenters. The molecule has 3 rings (SSSR count). The fourth-order valence-electron chi connectivity index (χ4n) is 2.27. The zero-order valence-electron chi connectivity index (χ0n) is 14.1. The summed E-state index contributed by atoms with van der Waals surface area (Å²) in [5, 5.41) is 19.2. The molecule has 3 aromatic rings. The summed E-state index contributed by atoms with van der Waals surface area (Å²) in [5.41, 5.74) is 2.66. The molecule has 0 atom stereocenters. The third-order valence-electron chi connectivity index (χ3n) is 3.76. The van der Waals surface area contributed by atoms with Gasteiger partial charge >= 0.3 is 0 Å². The maximum atomic E-state index is 12.3. The van der Waals surface area contributed by atoms with Crippen molar-refractivity contribution in [3.63, 3.8) is 0 Å². The van der Waals surface area contributed by atoms with Crippen molar-refractivity contribution < 1.29 is 14.1 Å². The molecule has 0 radical (unpaired) electrons. The Bertz CT molecular complexity index is 967. The van der Waals surface area contributed by atoms with Crippen LogP contribution >= 0.6 is 11.8 Å². The minimum absolute atomic E-state index is 0.0513. The van der Waals surface area contributed by atoms with Crippen molar-refractivity contribution in [2.75, 3.05) is 5.75 Å². The van der Waals surface area contributed by atoms with Gasteiger partial charge in [-0.3, -0.25) is 14.9 Å². The van der Waals surface area contributed by atoms with Gasteiger partial charge in [0, 0.05) is 22.8 Å². The van der Waals surface area contributed by atoms with Gasteiger partial charge in [0.25, 0.3) is 10.9 Å². The van der Waals surface area contributed by atoms with E-state index in [1.807, 2.05) is 31.2 Å². The van der Waals surface area contributed by atoms with Gasteiger partial charge in [0.2, 0.25) is 5.89 Å². The van der Waals surface area contributed by atoms with Crippen LogP contribution in [0.25, 0.3) is 11.5 Å². The van der Waals surface area contributed by atoms with Crippen LogP contribution in [0.3, 0.4) is 0 Å². The van der Waals surface area contributed by atoms with Crippen LogP contribution in [0.5, 0.6) is 0 Å². The number of carbonyl (C=O) groups is 1. The molecule has 7 nitrogen and oxygen atoms in total. The fourth-order valence-corrected chi connectivity index (χ4v) is 2.93. The number of ketones is 1. The Morgan fingerprint density at radius 2 is 1.88 bits per heavy atom. The molecule has 0 spiro atoms. The van der Waals surface area contributed by atoms with Crippen LogP contribution in [0.4, 0.5) is 5.69 Å². The van der Waals surface area contributed by atoms with Gasteiger partial charge in [-0.25, -0.2) is 0 Å². The quantitative estimate of drug-likeness (QED) is 0.277.